The molecule has 1 aromatic heterocycles. The standard InChI is InChI=1S/C11H7IO2S/c12-10-4-8(7-1-2-15-6-7)3-9(5-13)11(10)14/h1-6,14H. The first-order valence-corrected chi connectivity index (χ1v) is 6.25. The van der Waals surface area contributed by atoms with E-state index in [1.807, 2.05) is 45.5 Å². The summed E-state index contributed by atoms with van der Waals surface area (Å²) in [4.78, 5) is 10.7. The van der Waals surface area contributed by atoms with Gasteiger partial charge in [-0.05, 0) is 62.7 Å². The van der Waals surface area contributed by atoms with Crippen molar-refractivity contribution < 1.29 is 9.90 Å². The Morgan fingerprint density at radius 2 is 2.13 bits per heavy atom. The summed E-state index contributed by atoms with van der Waals surface area (Å²) in [5.41, 5.74) is 2.37. The van der Waals surface area contributed by atoms with Gasteiger partial charge in [-0.25, -0.2) is 0 Å². The molecule has 76 valence electrons. The van der Waals surface area contributed by atoms with Gasteiger partial charge in [-0.3, -0.25) is 4.79 Å². The SMILES string of the molecule is O=Cc1cc(-c2ccsc2)cc(I)c1O. The van der Waals surface area contributed by atoms with Crippen LogP contribution in [0.25, 0.3) is 11.1 Å². The van der Waals surface area contributed by atoms with Gasteiger partial charge < -0.3 is 5.11 Å². The Kier molecular flexibility index (Phi) is 3.06. The lowest BCUT2D eigenvalue weighted by Gasteiger charge is -2.04. The molecule has 0 radical (unpaired) electrons. The molecule has 0 fully saturated rings. The summed E-state index contributed by atoms with van der Waals surface area (Å²) in [7, 11) is 0. The highest BCUT2D eigenvalue weighted by atomic mass is 127. The van der Waals surface area contributed by atoms with Gasteiger partial charge in [-0.15, -0.1) is 0 Å². The lowest BCUT2D eigenvalue weighted by Crippen LogP contribution is -1.87. The van der Waals surface area contributed by atoms with E-state index in [0.717, 1.165) is 11.1 Å². The summed E-state index contributed by atoms with van der Waals surface area (Å²) >= 11 is 3.62. The molecule has 2 nitrogen and oxygen atoms in total. The lowest BCUT2D eigenvalue weighted by atomic mass is 10.1. The smallest absolute Gasteiger partial charge is 0.153 e. The van der Waals surface area contributed by atoms with Crippen molar-refractivity contribution in [2.24, 2.45) is 0 Å². The maximum Gasteiger partial charge on any atom is 0.153 e. The van der Waals surface area contributed by atoms with Crippen LogP contribution in [0.3, 0.4) is 0 Å². The Bertz CT molecular complexity index is 492. The zero-order valence-electron chi connectivity index (χ0n) is 7.61. The predicted octanol–water partition coefficient (Wildman–Crippen LogP) is 3.54. The second-order valence-corrected chi connectivity index (χ2v) is 4.97. The van der Waals surface area contributed by atoms with Crippen molar-refractivity contribution in [3.63, 3.8) is 0 Å². The molecule has 0 bridgehead atoms. The molecule has 15 heavy (non-hydrogen) atoms. The third kappa shape index (κ3) is 2.05. The Hall–Kier alpha value is -0.880. The highest BCUT2D eigenvalue weighted by molar-refractivity contribution is 14.1. The number of carbonyl (C=O) groups excluding carboxylic acids is 1. The van der Waals surface area contributed by atoms with Gasteiger partial charge in [-0.1, -0.05) is 0 Å². The van der Waals surface area contributed by atoms with Crippen LogP contribution in [0.15, 0.2) is 29.0 Å². The van der Waals surface area contributed by atoms with Gasteiger partial charge in [0, 0.05) is 0 Å². The van der Waals surface area contributed by atoms with Crippen molar-refractivity contribution in [1.82, 2.24) is 0 Å². The minimum atomic E-state index is 0.0598. The molecule has 0 aliphatic rings. The van der Waals surface area contributed by atoms with E-state index in [2.05, 4.69) is 0 Å². The summed E-state index contributed by atoms with van der Waals surface area (Å²) in [5, 5.41) is 13.6. The van der Waals surface area contributed by atoms with Crippen LogP contribution in [0.1, 0.15) is 10.4 Å². The van der Waals surface area contributed by atoms with Crippen molar-refractivity contribution in [3.05, 3.63) is 38.1 Å². The Morgan fingerprint density at radius 1 is 1.33 bits per heavy atom. The van der Waals surface area contributed by atoms with Crippen molar-refractivity contribution >= 4 is 40.2 Å². The fraction of sp³-hybridized carbons (Fsp3) is 0. The molecule has 0 aliphatic carbocycles. The van der Waals surface area contributed by atoms with Crippen LogP contribution < -0.4 is 0 Å². The molecule has 0 aliphatic heterocycles. The van der Waals surface area contributed by atoms with Crippen LogP contribution in [-0.4, -0.2) is 11.4 Å². The summed E-state index contributed by atoms with van der Waals surface area (Å²) in [6.07, 6.45) is 0.674. The van der Waals surface area contributed by atoms with Crippen LogP contribution in [0.2, 0.25) is 0 Å². The van der Waals surface area contributed by atoms with Crippen LogP contribution in [0, 0.1) is 3.57 Å². The zero-order valence-corrected chi connectivity index (χ0v) is 10.6. The van der Waals surface area contributed by atoms with E-state index in [0.29, 0.717) is 15.4 Å². The van der Waals surface area contributed by atoms with Gasteiger partial charge in [0.05, 0.1) is 9.13 Å². The van der Waals surface area contributed by atoms with Crippen molar-refractivity contribution in [1.29, 1.82) is 0 Å². The Balaban J connectivity index is 2.60. The van der Waals surface area contributed by atoms with E-state index in [4.69, 9.17) is 0 Å². The summed E-state index contributed by atoms with van der Waals surface area (Å²) in [5.74, 6) is 0.0598. The number of rotatable bonds is 2. The molecule has 2 aromatic rings. The largest absolute Gasteiger partial charge is 0.506 e. The molecule has 0 spiro atoms. The van der Waals surface area contributed by atoms with Crippen molar-refractivity contribution in [3.8, 4) is 16.9 Å². The van der Waals surface area contributed by atoms with Gasteiger partial charge in [-0.2, -0.15) is 11.3 Å². The highest BCUT2D eigenvalue weighted by Gasteiger charge is 2.08. The van der Waals surface area contributed by atoms with Gasteiger partial charge in [0.25, 0.3) is 0 Å². The maximum atomic E-state index is 10.7. The van der Waals surface area contributed by atoms with E-state index < -0.39 is 0 Å². The number of benzene rings is 1. The van der Waals surface area contributed by atoms with Gasteiger partial charge in [0.15, 0.2) is 6.29 Å². The van der Waals surface area contributed by atoms with E-state index in [1.165, 1.54) is 0 Å². The monoisotopic (exact) mass is 330 g/mol. The van der Waals surface area contributed by atoms with Crippen LogP contribution >= 0.6 is 33.9 Å². The molecular formula is C11H7IO2S. The topological polar surface area (TPSA) is 37.3 Å². The Morgan fingerprint density at radius 3 is 2.73 bits per heavy atom. The molecule has 1 N–H and O–H groups in total. The van der Waals surface area contributed by atoms with Crippen LogP contribution in [0.4, 0.5) is 0 Å². The number of aromatic hydroxyl groups is 1. The molecule has 0 saturated heterocycles. The number of phenols is 1. The third-order valence-electron chi connectivity index (χ3n) is 2.07. The molecule has 0 saturated carbocycles. The third-order valence-corrected chi connectivity index (χ3v) is 3.58. The summed E-state index contributed by atoms with van der Waals surface area (Å²) in [6.45, 7) is 0. The van der Waals surface area contributed by atoms with Crippen LogP contribution in [-0.2, 0) is 0 Å². The van der Waals surface area contributed by atoms with Gasteiger partial charge in [0.2, 0.25) is 0 Å². The van der Waals surface area contributed by atoms with E-state index in [1.54, 1.807) is 17.4 Å². The number of halogens is 1. The minimum Gasteiger partial charge on any atom is -0.506 e. The normalized spacial score (nSPS) is 10.2. The number of aldehydes is 1. The van der Waals surface area contributed by atoms with Gasteiger partial charge in [0.1, 0.15) is 5.75 Å². The Labute approximate surface area is 105 Å². The highest BCUT2D eigenvalue weighted by Crippen LogP contribution is 2.31. The number of phenolic OH excluding ortho intramolecular Hbond substituents is 1. The lowest BCUT2D eigenvalue weighted by molar-refractivity contribution is 0.112. The first kappa shape index (κ1) is 10.6. The van der Waals surface area contributed by atoms with Crippen LogP contribution in [0.5, 0.6) is 5.75 Å². The van der Waals surface area contributed by atoms with Crippen molar-refractivity contribution in [2.45, 2.75) is 0 Å². The van der Waals surface area contributed by atoms with Gasteiger partial charge >= 0.3 is 0 Å². The fourth-order valence-corrected chi connectivity index (χ4v) is 2.62. The number of thiophene rings is 1. The number of hydrogen-bond acceptors (Lipinski definition) is 3. The second kappa shape index (κ2) is 4.32. The van der Waals surface area contributed by atoms with E-state index >= 15 is 0 Å². The molecular weight excluding hydrogens is 323 g/mol. The first-order chi connectivity index (χ1) is 7.22. The molecule has 1 heterocycles. The molecule has 0 atom stereocenters. The number of carbonyl (C=O) groups is 1. The molecule has 2 rings (SSSR count). The first-order valence-electron chi connectivity index (χ1n) is 4.22. The summed E-state index contributed by atoms with van der Waals surface area (Å²) in [6, 6.07) is 5.55. The molecule has 0 unspecified atom stereocenters. The zero-order chi connectivity index (χ0) is 10.8. The second-order valence-electron chi connectivity index (χ2n) is 3.03. The minimum absolute atomic E-state index is 0.0598. The van der Waals surface area contributed by atoms with E-state index in [-0.39, 0.29) is 5.75 Å². The average Bonchev–Trinajstić information content (AvgIpc) is 2.75. The number of hydrogen-bond donors (Lipinski definition) is 1. The summed E-state index contributed by atoms with van der Waals surface area (Å²) < 4.78 is 0.693. The predicted molar refractivity (Wildman–Crippen MR) is 69.5 cm³/mol. The molecule has 4 heteroatoms. The average molecular weight is 330 g/mol. The van der Waals surface area contributed by atoms with E-state index in [9.17, 15) is 9.90 Å². The molecule has 1 aromatic carbocycles. The van der Waals surface area contributed by atoms with Crippen molar-refractivity contribution in [2.75, 3.05) is 0 Å². The quantitative estimate of drug-likeness (QED) is 0.676. The fourth-order valence-electron chi connectivity index (χ4n) is 1.31. The molecule has 0 amide bonds. The maximum absolute atomic E-state index is 10.7.